The van der Waals surface area contributed by atoms with Crippen molar-refractivity contribution in [3.63, 3.8) is 0 Å². The molecule has 0 saturated carbocycles. The van der Waals surface area contributed by atoms with Gasteiger partial charge in [0.2, 0.25) is 5.82 Å². The van der Waals surface area contributed by atoms with Crippen LogP contribution in [0.15, 0.2) is 30.5 Å². The number of nitrogens with one attached hydrogen (secondary N) is 1. The van der Waals surface area contributed by atoms with E-state index in [1.165, 1.54) is 0 Å². The summed E-state index contributed by atoms with van der Waals surface area (Å²) >= 11 is 5.89. The molecule has 0 radical (unpaired) electrons. The fourth-order valence-electron chi connectivity index (χ4n) is 3.14. The summed E-state index contributed by atoms with van der Waals surface area (Å²) in [4.78, 5) is 23.8. The van der Waals surface area contributed by atoms with Crippen LogP contribution in [0.5, 0.6) is 0 Å². The number of amides is 1. The van der Waals surface area contributed by atoms with Crippen LogP contribution < -0.4 is 10.2 Å². The molecule has 0 atom stereocenters. The molecule has 1 aliphatic rings. The van der Waals surface area contributed by atoms with E-state index in [0.29, 0.717) is 17.2 Å². The van der Waals surface area contributed by atoms with E-state index in [9.17, 15) is 4.79 Å². The minimum absolute atomic E-state index is 0.164. The predicted molar refractivity (Wildman–Crippen MR) is 100 cm³/mol. The van der Waals surface area contributed by atoms with E-state index < -0.39 is 0 Å². The van der Waals surface area contributed by atoms with Crippen LogP contribution in [0.2, 0.25) is 5.02 Å². The molecular weight excluding hydrogens is 352 g/mol. The molecule has 1 saturated heterocycles. The standard InChI is InChI=1S/C18H19ClN6O/c1-24-16-14(11-21-24)17(25-8-2-3-9-25)23-15(22-16)18(26)20-10-12-4-6-13(19)7-5-12/h4-7,11H,2-3,8-10H2,1H3,(H,20,26). The topological polar surface area (TPSA) is 75.9 Å². The number of hydrogen-bond acceptors (Lipinski definition) is 5. The summed E-state index contributed by atoms with van der Waals surface area (Å²) in [5.74, 6) is 0.651. The van der Waals surface area contributed by atoms with Crippen molar-refractivity contribution < 1.29 is 4.79 Å². The summed E-state index contributed by atoms with van der Waals surface area (Å²) < 4.78 is 1.67. The van der Waals surface area contributed by atoms with Crippen molar-refractivity contribution in [1.29, 1.82) is 0 Å². The van der Waals surface area contributed by atoms with Crippen molar-refractivity contribution in [2.75, 3.05) is 18.0 Å². The maximum absolute atomic E-state index is 12.6. The molecule has 3 aromatic rings. The molecule has 4 rings (SSSR count). The van der Waals surface area contributed by atoms with Gasteiger partial charge in [-0.25, -0.2) is 9.97 Å². The number of fused-ring (bicyclic) bond motifs is 1. The molecule has 26 heavy (non-hydrogen) atoms. The van der Waals surface area contributed by atoms with Gasteiger partial charge in [0.05, 0.1) is 11.6 Å². The number of rotatable bonds is 4. The van der Waals surface area contributed by atoms with Gasteiger partial charge in [-0.15, -0.1) is 0 Å². The molecule has 0 spiro atoms. The molecule has 1 aliphatic heterocycles. The Labute approximate surface area is 156 Å². The molecule has 1 amide bonds. The number of anilines is 1. The average molecular weight is 371 g/mol. The number of halogens is 1. The van der Waals surface area contributed by atoms with Gasteiger partial charge < -0.3 is 10.2 Å². The van der Waals surface area contributed by atoms with Gasteiger partial charge in [0.15, 0.2) is 5.65 Å². The molecule has 8 heteroatoms. The van der Waals surface area contributed by atoms with Crippen LogP contribution in [0.3, 0.4) is 0 Å². The SMILES string of the molecule is Cn1ncc2c(N3CCCC3)nc(C(=O)NCc3ccc(Cl)cc3)nc21. The summed E-state index contributed by atoms with van der Waals surface area (Å²) in [6, 6.07) is 7.35. The van der Waals surface area contributed by atoms with Gasteiger partial charge in [-0.05, 0) is 30.5 Å². The fraction of sp³-hybridized carbons (Fsp3) is 0.333. The smallest absolute Gasteiger partial charge is 0.289 e. The molecule has 0 bridgehead atoms. The molecule has 7 nitrogen and oxygen atoms in total. The first-order chi connectivity index (χ1) is 12.6. The first kappa shape index (κ1) is 16.8. The van der Waals surface area contributed by atoms with E-state index in [0.717, 1.165) is 42.7 Å². The largest absolute Gasteiger partial charge is 0.356 e. The van der Waals surface area contributed by atoms with Gasteiger partial charge in [0.25, 0.3) is 5.91 Å². The van der Waals surface area contributed by atoms with Gasteiger partial charge in [-0.2, -0.15) is 5.10 Å². The molecule has 134 valence electrons. The molecule has 1 N–H and O–H groups in total. The fourth-order valence-corrected chi connectivity index (χ4v) is 3.27. The monoisotopic (exact) mass is 370 g/mol. The normalized spacial score (nSPS) is 14.2. The number of carbonyl (C=O) groups excluding carboxylic acids is 1. The van der Waals surface area contributed by atoms with Crippen molar-refractivity contribution >= 4 is 34.4 Å². The van der Waals surface area contributed by atoms with E-state index in [2.05, 4.69) is 25.3 Å². The summed E-state index contributed by atoms with van der Waals surface area (Å²) in [5, 5.41) is 8.69. The first-order valence-corrected chi connectivity index (χ1v) is 8.97. The number of carbonyl (C=O) groups is 1. The maximum atomic E-state index is 12.6. The maximum Gasteiger partial charge on any atom is 0.289 e. The number of aromatic nitrogens is 4. The lowest BCUT2D eigenvalue weighted by Gasteiger charge is -2.17. The molecule has 2 aromatic heterocycles. The molecule has 0 aliphatic carbocycles. The second-order valence-electron chi connectivity index (χ2n) is 6.38. The van der Waals surface area contributed by atoms with E-state index in [4.69, 9.17) is 11.6 Å². The van der Waals surface area contributed by atoms with Gasteiger partial charge in [-0.1, -0.05) is 23.7 Å². The minimum atomic E-state index is -0.302. The van der Waals surface area contributed by atoms with Crippen LogP contribution in [-0.4, -0.2) is 38.7 Å². The molecule has 3 heterocycles. The third-order valence-corrected chi connectivity index (χ3v) is 4.80. The summed E-state index contributed by atoms with van der Waals surface area (Å²) in [5.41, 5.74) is 1.63. The summed E-state index contributed by atoms with van der Waals surface area (Å²) in [6.45, 7) is 2.27. The predicted octanol–water partition coefficient (Wildman–Crippen LogP) is 2.55. The summed E-state index contributed by atoms with van der Waals surface area (Å²) in [7, 11) is 1.82. The molecule has 1 aromatic carbocycles. The van der Waals surface area contributed by atoms with Crippen molar-refractivity contribution in [3.05, 3.63) is 46.9 Å². The second kappa shape index (κ2) is 6.92. The van der Waals surface area contributed by atoms with Crippen LogP contribution in [0, 0.1) is 0 Å². The van der Waals surface area contributed by atoms with Crippen molar-refractivity contribution in [1.82, 2.24) is 25.1 Å². The second-order valence-corrected chi connectivity index (χ2v) is 6.82. The highest BCUT2D eigenvalue weighted by atomic mass is 35.5. The lowest BCUT2D eigenvalue weighted by Crippen LogP contribution is -2.27. The number of aryl methyl sites for hydroxylation is 1. The minimum Gasteiger partial charge on any atom is -0.356 e. The zero-order valence-electron chi connectivity index (χ0n) is 14.4. The number of benzene rings is 1. The quantitative estimate of drug-likeness (QED) is 0.763. The Bertz CT molecular complexity index is 946. The van der Waals surface area contributed by atoms with Crippen LogP contribution in [-0.2, 0) is 13.6 Å². The third-order valence-electron chi connectivity index (χ3n) is 4.55. The van der Waals surface area contributed by atoms with E-state index >= 15 is 0 Å². The van der Waals surface area contributed by atoms with Gasteiger partial charge in [0.1, 0.15) is 5.82 Å². The first-order valence-electron chi connectivity index (χ1n) is 8.59. The average Bonchev–Trinajstić information content (AvgIpc) is 3.31. The highest BCUT2D eigenvalue weighted by Crippen LogP contribution is 2.26. The number of nitrogens with zero attached hydrogens (tertiary/aromatic N) is 5. The zero-order chi connectivity index (χ0) is 18.1. The highest BCUT2D eigenvalue weighted by molar-refractivity contribution is 6.30. The van der Waals surface area contributed by atoms with Crippen molar-refractivity contribution in [2.45, 2.75) is 19.4 Å². The van der Waals surface area contributed by atoms with Crippen LogP contribution in [0.4, 0.5) is 5.82 Å². The van der Waals surface area contributed by atoms with E-state index in [1.807, 2.05) is 19.2 Å². The van der Waals surface area contributed by atoms with E-state index in [-0.39, 0.29) is 11.7 Å². The van der Waals surface area contributed by atoms with Crippen LogP contribution in [0.25, 0.3) is 11.0 Å². The number of hydrogen-bond donors (Lipinski definition) is 1. The van der Waals surface area contributed by atoms with Crippen LogP contribution in [0.1, 0.15) is 29.0 Å². The lowest BCUT2D eigenvalue weighted by molar-refractivity contribution is 0.0941. The molecule has 0 unspecified atom stereocenters. The van der Waals surface area contributed by atoms with E-state index in [1.54, 1.807) is 23.0 Å². The van der Waals surface area contributed by atoms with Crippen molar-refractivity contribution in [3.8, 4) is 0 Å². The lowest BCUT2D eigenvalue weighted by atomic mass is 10.2. The van der Waals surface area contributed by atoms with Crippen molar-refractivity contribution in [2.24, 2.45) is 7.05 Å². The Morgan fingerprint density at radius 3 is 2.65 bits per heavy atom. The Morgan fingerprint density at radius 1 is 1.19 bits per heavy atom. The Hall–Kier alpha value is -2.67. The molecular formula is C18H19ClN6O. The third kappa shape index (κ3) is 3.22. The summed E-state index contributed by atoms with van der Waals surface area (Å²) in [6.07, 6.45) is 4.02. The molecule has 1 fully saturated rings. The van der Waals surface area contributed by atoms with Gasteiger partial charge in [-0.3, -0.25) is 9.48 Å². The Morgan fingerprint density at radius 2 is 1.92 bits per heavy atom. The Balaban J connectivity index is 1.61. The van der Waals surface area contributed by atoms with Crippen LogP contribution >= 0.6 is 11.6 Å². The zero-order valence-corrected chi connectivity index (χ0v) is 15.2. The Kier molecular flexibility index (Phi) is 4.46. The highest BCUT2D eigenvalue weighted by Gasteiger charge is 2.22. The van der Waals surface area contributed by atoms with Gasteiger partial charge in [0, 0.05) is 31.7 Å². The van der Waals surface area contributed by atoms with Gasteiger partial charge >= 0.3 is 0 Å².